The second-order valence-electron chi connectivity index (χ2n) is 7.29. The standard InChI is InChI=1S/C23H32N2O4S/c1-4-7-20(18-25-2)29-15-6-5-8-19-9-11-21(12-10-19)30(3,27)23(22(24)26)13-16-28-17-14-23/h4,7,9-12,18H,1,3,5-6,8,13-17H2,2H3,(H2,24,26)/b20-7+,25-18?. The third-order valence-corrected chi connectivity index (χ3v) is 8.26. The Morgan fingerprint density at radius 3 is 2.53 bits per heavy atom. The highest BCUT2D eigenvalue weighted by atomic mass is 32.2. The van der Waals surface area contributed by atoms with Gasteiger partial charge in [0, 0.05) is 34.7 Å². The van der Waals surface area contributed by atoms with Gasteiger partial charge in [-0.05, 0) is 61.7 Å². The van der Waals surface area contributed by atoms with Gasteiger partial charge in [-0.3, -0.25) is 14.0 Å². The molecule has 1 aromatic rings. The maximum absolute atomic E-state index is 13.6. The number of ether oxygens (including phenoxy) is 2. The number of nitrogens with zero attached hydrogens (tertiary/aromatic N) is 1. The van der Waals surface area contributed by atoms with E-state index in [2.05, 4.69) is 17.4 Å². The number of primary amides is 1. The second-order valence-corrected chi connectivity index (χ2v) is 9.89. The molecule has 0 saturated carbocycles. The fourth-order valence-electron chi connectivity index (χ4n) is 3.53. The van der Waals surface area contributed by atoms with Crippen molar-refractivity contribution in [3.05, 3.63) is 54.3 Å². The lowest BCUT2D eigenvalue weighted by atomic mass is 9.98. The molecule has 1 fully saturated rings. The molecule has 1 aliphatic rings. The second kappa shape index (κ2) is 11.1. The van der Waals surface area contributed by atoms with Gasteiger partial charge in [0.25, 0.3) is 0 Å². The Bertz CT molecular complexity index is 880. The SMILES string of the molecule is C=C/C=C(\C=NC)OCCCCc1ccc(S(=C)(=O)C2(C(N)=O)CCOCC2)cc1. The summed E-state index contributed by atoms with van der Waals surface area (Å²) in [5, 5.41) is 0. The van der Waals surface area contributed by atoms with Gasteiger partial charge < -0.3 is 15.2 Å². The summed E-state index contributed by atoms with van der Waals surface area (Å²) in [7, 11) is -1.19. The summed E-state index contributed by atoms with van der Waals surface area (Å²) in [6.45, 7) is 4.99. The predicted molar refractivity (Wildman–Crippen MR) is 124 cm³/mol. The molecule has 0 aliphatic carbocycles. The summed E-state index contributed by atoms with van der Waals surface area (Å²) >= 11 is 0. The van der Waals surface area contributed by atoms with Crippen molar-refractivity contribution in [3.8, 4) is 0 Å². The molecule has 1 heterocycles. The number of aliphatic imine (C=N–C) groups is 1. The number of unbranched alkanes of at least 4 members (excludes halogenated alkanes) is 1. The number of amides is 1. The topological polar surface area (TPSA) is 91.0 Å². The van der Waals surface area contributed by atoms with Crippen molar-refractivity contribution < 1.29 is 18.5 Å². The van der Waals surface area contributed by atoms with E-state index in [0.29, 0.717) is 43.3 Å². The first kappa shape index (κ1) is 23.9. The van der Waals surface area contributed by atoms with E-state index in [0.717, 1.165) is 24.8 Å². The van der Waals surface area contributed by atoms with Crippen LogP contribution in [0.15, 0.2) is 58.6 Å². The van der Waals surface area contributed by atoms with E-state index in [1.165, 1.54) is 0 Å². The number of hydrogen-bond acceptors (Lipinski definition) is 5. The van der Waals surface area contributed by atoms with Crippen LogP contribution in [-0.4, -0.2) is 53.8 Å². The van der Waals surface area contributed by atoms with Crippen LogP contribution in [0.1, 0.15) is 31.2 Å². The molecular formula is C23H32N2O4S. The van der Waals surface area contributed by atoms with Crippen molar-refractivity contribution in [3.63, 3.8) is 0 Å². The molecule has 1 saturated heterocycles. The average Bonchev–Trinajstić information content (AvgIpc) is 2.74. The zero-order valence-electron chi connectivity index (χ0n) is 17.7. The van der Waals surface area contributed by atoms with Gasteiger partial charge in [0.1, 0.15) is 10.5 Å². The fourth-order valence-corrected chi connectivity index (χ4v) is 5.71. The number of aryl methyl sites for hydroxylation is 1. The van der Waals surface area contributed by atoms with Gasteiger partial charge in [-0.1, -0.05) is 24.8 Å². The Labute approximate surface area is 179 Å². The number of carbonyl (C=O) groups excluding carboxylic acids is 1. The van der Waals surface area contributed by atoms with Crippen molar-refractivity contribution in [1.82, 2.24) is 0 Å². The molecule has 1 aliphatic heterocycles. The normalized spacial score (nSPS) is 18.6. The first-order valence-corrected chi connectivity index (χ1v) is 11.8. The van der Waals surface area contributed by atoms with Crippen LogP contribution in [0.3, 0.4) is 0 Å². The molecule has 2 rings (SSSR count). The van der Waals surface area contributed by atoms with Crippen molar-refractivity contribution in [2.75, 3.05) is 26.9 Å². The highest BCUT2D eigenvalue weighted by Gasteiger charge is 2.46. The Balaban J connectivity index is 1.95. The molecule has 1 unspecified atom stereocenters. The number of rotatable bonds is 11. The number of carbonyl (C=O) groups is 1. The van der Waals surface area contributed by atoms with E-state index < -0.39 is 20.2 Å². The molecule has 0 aromatic heterocycles. The number of benzene rings is 1. The van der Waals surface area contributed by atoms with Crippen LogP contribution in [0.2, 0.25) is 0 Å². The fraction of sp³-hybridized carbons (Fsp3) is 0.435. The van der Waals surface area contributed by atoms with Crippen molar-refractivity contribution >= 4 is 27.5 Å². The van der Waals surface area contributed by atoms with Crippen LogP contribution >= 0.6 is 0 Å². The Hall–Kier alpha value is -2.38. The molecule has 0 bridgehead atoms. The zero-order chi connectivity index (χ0) is 22.0. The smallest absolute Gasteiger partial charge is 0.236 e. The van der Waals surface area contributed by atoms with E-state index in [9.17, 15) is 9.00 Å². The van der Waals surface area contributed by atoms with Crippen LogP contribution < -0.4 is 5.73 Å². The van der Waals surface area contributed by atoms with E-state index in [4.69, 9.17) is 15.2 Å². The number of hydrogen-bond donors (Lipinski definition) is 1. The molecule has 1 atom stereocenters. The summed E-state index contributed by atoms with van der Waals surface area (Å²) in [6, 6.07) is 7.51. The third kappa shape index (κ3) is 5.61. The third-order valence-electron chi connectivity index (χ3n) is 5.35. The monoisotopic (exact) mass is 432 g/mol. The van der Waals surface area contributed by atoms with Gasteiger partial charge in [0.05, 0.1) is 12.8 Å². The molecule has 1 amide bonds. The van der Waals surface area contributed by atoms with Crippen molar-refractivity contribution in [2.45, 2.75) is 41.7 Å². The van der Waals surface area contributed by atoms with Gasteiger partial charge in [-0.2, -0.15) is 0 Å². The molecule has 1 aromatic carbocycles. The summed E-state index contributed by atoms with van der Waals surface area (Å²) < 4.78 is 23.4. The quantitative estimate of drug-likeness (QED) is 0.191. The van der Waals surface area contributed by atoms with Crippen LogP contribution in [0.5, 0.6) is 0 Å². The predicted octanol–water partition coefficient (Wildman–Crippen LogP) is 2.91. The zero-order valence-corrected chi connectivity index (χ0v) is 18.5. The summed E-state index contributed by atoms with van der Waals surface area (Å²) in [6.07, 6.45) is 8.49. The molecule has 0 spiro atoms. The maximum Gasteiger partial charge on any atom is 0.236 e. The minimum Gasteiger partial charge on any atom is -0.492 e. The Morgan fingerprint density at radius 1 is 1.30 bits per heavy atom. The molecule has 0 radical (unpaired) electrons. The van der Waals surface area contributed by atoms with E-state index in [1.807, 2.05) is 24.3 Å². The van der Waals surface area contributed by atoms with Gasteiger partial charge in [0.15, 0.2) is 0 Å². The lowest BCUT2D eigenvalue weighted by molar-refractivity contribution is -0.122. The number of nitrogens with two attached hydrogens (primary N) is 1. The number of allylic oxidation sites excluding steroid dienone is 3. The van der Waals surface area contributed by atoms with Crippen LogP contribution in [0.25, 0.3) is 0 Å². The van der Waals surface area contributed by atoms with Gasteiger partial charge >= 0.3 is 0 Å². The lowest BCUT2D eigenvalue weighted by Crippen LogP contribution is -2.53. The minimum absolute atomic E-state index is 0.331. The average molecular weight is 433 g/mol. The summed E-state index contributed by atoms with van der Waals surface area (Å²) in [4.78, 5) is 16.7. The van der Waals surface area contributed by atoms with E-state index in [1.54, 1.807) is 25.4 Å². The minimum atomic E-state index is -2.89. The molecule has 30 heavy (non-hydrogen) atoms. The molecule has 2 N–H and O–H groups in total. The van der Waals surface area contributed by atoms with Gasteiger partial charge in [0.2, 0.25) is 5.91 Å². The maximum atomic E-state index is 13.6. The first-order chi connectivity index (χ1) is 14.4. The highest BCUT2D eigenvalue weighted by Crippen LogP contribution is 2.35. The Kier molecular flexibility index (Phi) is 8.87. The molecule has 6 nitrogen and oxygen atoms in total. The van der Waals surface area contributed by atoms with Crippen LogP contribution in [0, 0.1) is 0 Å². The molecule has 164 valence electrons. The summed E-state index contributed by atoms with van der Waals surface area (Å²) in [5.41, 5.74) is 6.80. The van der Waals surface area contributed by atoms with E-state index in [-0.39, 0.29) is 0 Å². The van der Waals surface area contributed by atoms with Crippen LogP contribution in [-0.2, 0) is 30.2 Å². The summed E-state index contributed by atoms with van der Waals surface area (Å²) in [5.74, 6) is 4.08. The molecule has 7 heteroatoms. The first-order valence-electron chi connectivity index (χ1n) is 10.1. The van der Waals surface area contributed by atoms with Gasteiger partial charge in [-0.25, -0.2) is 0 Å². The van der Waals surface area contributed by atoms with Gasteiger partial charge in [-0.15, -0.1) is 0 Å². The van der Waals surface area contributed by atoms with Crippen molar-refractivity contribution in [1.29, 1.82) is 0 Å². The lowest BCUT2D eigenvalue weighted by Gasteiger charge is -2.37. The molecular weight excluding hydrogens is 400 g/mol. The van der Waals surface area contributed by atoms with E-state index >= 15 is 0 Å². The Morgan fingerprint density at radius 2 is 1.97 bits per heavy atom. The van der Waals surface area contributed by atoms with Crippen molar-refractivity contribution in [2.24, 2.45) is 10.7 Å². The largest absolute Gasteiger partial charge is 0.492 e. The highest BCUT2D eigenvalue weighted by molar-refractivity contribution is 8.02. The van der Waals surface area contributed by atoms with Crippen LogP contribution in [0.4, 0.5) is 0 Å².